The van der Waals surface area contributed by atoms with Gasteiger partial charge in [0, 0.05) is 39.3 Å². The van der Waals surface area contributed by atoms with E-state index in [0.29, 0.717) is 41.4 Å². The highest BCUT2D eigenvalue weighted by molar-refractivity contribution is 8.00. The van der Waals surface area contributed by atoms with Crippen LogP contribution in [0.5, 0.6) is 17.2 Å². The number of methoxy groups -OCH3 is 2. The third-order valence-electron chi connectivity index (χ3n) is 11.3. The second kappa shape index (κ2) is 48.6. The van der Waals surface area contributed by atoms with E-state index < -0.39 is 12.1 Å². The minimum absolute atomic E-state index is 0.0903. The molecule has 0 bridgehead atoms. The van der Waals surface area contributed by atoms with Crippen LogP contribution >= 0.6 is 34.9 Å². The predicted octanol–water partition coefficient (Wildman–Crippen LogP) is 25.3. The topological polar surface area (TPSA) is 53.5 Å². The molecule has 5 nitrogen and oxygen atoms in total. The van der Waals surface area contributed by atoms with Crippen LogP contribution in [0, 0.1) is 41.4 Å². The van der Waals surface area contributed by atoms with E-state index in [1.54, 1.807) is 80.2 Å². The molecule has 0 saturated carbocycles. The van der Waals surface area contributed by atoms with Crippen LogP contribution in [0.4, 0.5) is 22.0 Å². The number of benzene rings is 4. The van der Waals surface area contributed by atoms with Gasteiger partial charge in [-0.15, -0.1) is 23.1 Å². The van der Waals surface area contributed by atoms with E-state index in [1.807, 2.05) is 92.8 Å². The number of pyridine rings is 2. The van der Waals surface area contributed by atoms with Gasteiger partial charge in [0.05, 0.1) is 19.9 Å². The van der Waals surface area contributed by atoms with Gasteiger partial charge in [0.2, 0.25) is 0 Å². The van der Waals surface area contributed by atoms with Gasteiger partial charge in [-0.1, -0.05) is 218 Å². The van der Waals surface area contributed by atoms with Gasteiger partial charge >= 0.3 is 12.1 Å². The van der Waals surface area contributed by atoms with E-state index in [4.69, 9.17) is 9.47 Å². The lowest BCUT2D eigenvalue weighted by atomic mass is 10.1. The van der Waals surface area contributed by atoms with Gasteiger partial charge in [-0.25, -0.2) is 0 Å². The van der Waals surface area contributed by atoms with Gasteiger partial charge in [-0.3, -0.25) is 9.97 Å². The van der Waals surface area contributed by atoms with Crippen LogP contribution in [0.3, 0.4) is 0 Å². The molecule has 0 spiro atoms. The molecule has 0 saturated heterocycles. The van der Waals surface area contributed by atoms with E-state index in [1.165, 1.54) is 45.2 Å². The first kappa shape index (κ1) is 81.8. The van der Waals surface area contributed by atoms with Gasteiger partial charge in [0.15, 0.2) is 0 Å². The number of allylic oxidation sites excluding steroid dienone is 7. The Balaban J connectivity index is 0.000000534. The first-order valence-electron chi connectivity index (χ1n) is 30.6. The number of thiophene rings is 1. The van der Waals surface area contributed by atoms with Crippen LogP contribution in [-0.2, 0) is 0 Å². The zero-order valence-corrected chi connectivity index (χ0v) is 58.9. The predicted molar refractivity (Wildman–Crippen MR) is 389 cm³/mol. The van der Waals surface area contributed by atoms with Gasteiger partial charge in [-0.2, -0.15) is 22.0 Å². The van der Waals surface area contributed by atoms with Crippen LogP contribution in [0.1, 0.15) is 135 Å². The number of hydrogen-bond donors (Lipinski definition) is 0. The van der Waals surface area contributed by atoms with E-state index in [2.05, 4.69) is 201 Å². The molecule has 3 heterocycles. The third kappa shape index (κ3) is 46.5. The molecule has 0 fully saturated rings. The second-order valence-corrected chi connectivity index (χ2v) is 25.8. The van der Waals surface area contributed by atoms with E-state index in [-0.39, 0.29) is 22.4 Å². The van der Waals surface area contributed by atoms with Gasteiger partial charge in [0.1, 0.15) is 17.2 Å². The summed E-state index contributed by atoms with van der Waals surface area (Å²) < 4.78 is 74.4. The molecular weight excluding hydrogens is 1200 g/mol. The van der Waals surface area contributed by atoms with Crippen molar-refractivity contribution in [2.75, 3.05) is 20.5 Å². The van der Waals surface area contributed by atoms with Crippen molar-refractivity contribution < 1.29 is 36.2 Å². The fraction of sp³-hybridized carbons (Fsp3) is 0.333. The first-order valence-corrected chi connectivity index (χ1v) is 33.5. The summed E-state index contributed by atoms with van der Waals surface area (Å²) in [5, 5.41) is 2.10. The molecule has 0 aliphatic carbocycles. The Morgan fingerprint density at radius 1 is 0.418 bits per heavy atom. The summed E-state index contributed by atoms with van der Waals surface area (Å²) in [6, 6.07) is 41.5. The van der Waals surface area contributed by atoms with E-state index in [9.17, 15) is 22.0 Å². The normalized spacial score (nSPS) is 11.5. The minimum atomic E-state index is -4.21. The minimum Gasteiger partial charge on any atom is -0.497 e. The number of alkyl halides is 5. The van der Waals surface area contributed by atoms with Crippen molar-refractivity contribution in [3.8, 4) is 17.2 Å². The summed E-state index contributed by atoms with van der Waals surface area (Å²) in [7, 11) is 3.31. The molecule has 7 aromatic rings. The SMILES string of the molecule is CC(C)/C=C/c1ccc(OC(F)F)cc1.CC(C)/C=C/c1ccc(SC(F)(F)F)cc1.CC(C)/C=C/c1ccccn1.CC(C)/C=C/c1cccs1.CC(C)/C=C/c1ccncc1.COc1cc(/C=C/C(C)C)cc(OC)c1.CSc1ccc(/C=C/C(C)C)cc1. The smallest absolute Gasteiger partial charge is 0.446 e. The molecule has 0 amide bonds. The van der Waals surface area contributed by atoms with Crippen molar-refractivity contribution in [1.82, 2.24) is 9.97 Å². The Morgan fingerprint density at radius 3 is 1.18 bits per heavy atom. The summed E-state index contributed by atoms with van der Waals surface area (Å²) in [4.78, 5) is 11.0. The summed E-state index contributed by atoms with van der Waals surface area (Å²) in [5.41, 5.74) is 2.31. The van der Waals surface area contributed by atoms with Crippen molar-refractivity contribution in [2.45, 2.75) is 119 Å². The Morgan fingerprint density at radius 2 is 0.813 bits per heavy atom. The number of ether oxygens (including phenoxy) is 3. The highest BCUT2D eigenvalue weighted by atomic mass is 32.2. The van der Waals surface area contributed by atoms with Crippen LogP contribution in [0.25, 0.3) is 42.5 Å². The highest BCUT2D eigenvalue weighted by Gasteiger charge is 2.29. The second-order valence-electron chi connectivity index (χ2n) is 22.8. The van der Waals surface area contributed by atoms with Crippen molar-refractivity contribution in [1.29, 1.82) is 0 Å². The highest BCUT2D eigenvalue weighted by Crippen LogP contribution is 2.37. The van der Waals surface area contributed by atoms with Crippen molar-refractivity contribution in [3.63, 3.8) is 0 Å². The summed E-state index contributed by atoms with van der Waals surface area (Å²) in [6.45, 7) is 27.1. The average Bonchev–Trinajstić information content (AvgIpc) is 3.95. The standard InChI is InChI=1S/C13H18O2.C12H13F3S.C12H14F2O.C12H16S.2C10H13N.C9H12S/c1-10(2)5-6-11-7-12(14-3)9-13(8-11)15-4;1-9(2)3-4-10-5-7-11(8-6-10)16-12(13,14)15;1-9(2)3-4-10-5-7-11(8-6-10)15-12(13)14;1-10(2)4-5-11-6-8-12(13-3)9-7-11;1-9(2)3-4-10-5-7-11-8-6-10;1-9(2)6-7-10-5-3-4-8-11-10;1-8(2)5-6-9-4-3-7-10-9/h5-10H,1-4H3;3-9H,1-2H3;3-9,12H,1-2H3;4-10H,1-3H3;2*3-9H,1-2H3;3-8H,1-2H3/b6-5+;2*4-3+;5-4+;4-3+;7-6+;6-5+. The molecular formula is C78H99F5N2O3S3. The lowest BCUT2D eigenvalue weighted by Crippen LogP contribution is -2.01. The molecule has 0 aliphatic heterocycles. The van der Waals surface area contributed by atoms with Crippen molar-refractivity contribution in [3.05, 3.63) is 238 Å². The summed E-state index contributed by atoms with van der Waals surface area (Å²) in [6.07, 6.45) is 36.9. The number of nitrogens with zero attached hydrogens (tertiary/aromatic N) is 2. The van der Waals surface area contributed by atoms with E-state index in [0.717, 1.165) is 33.9 Å². The van der Waals surface area contributed by atoms with Gasteiger partial charge in [0.25, 0.3) is 0 Å². The van der Waals surface area contributed by atoms with E-state index >= 15 is 0 Å². The molecule has 0 radical (unpaired) electrons. The molecule has 4 aromatic carbocycles. The molecule has 0 atom stereocenters. The average molecular weight is 1300 g/mol. The van der Waals surface area contributed by atoms with Crippen LogP contribution < -0.4 is 14.2 Å². The molecule has 0 unspecified atom stereocenters. The fourth-order valence-electron chi connectivity index (χ4n) is 6.61. The first-order chi connectivity index (χ1) is 43.2. The Kier molecular flexibility index (Phi) is 43.7. The summed E-state index contributed by atoms with van der Waals surface area (Å²) >= 11 is 3.47. The maximum absolute atomic E-state index is 12.0. The number of rotatable bonds is 20. The van der Waals surface area contributed by atoms with Gasteiger partial charge in [-0.05, 0) is 184 Å². The van der Waals surface area contributed by atoms with Crippen molar-refractivity contribution in [2.24, 2.45) is 41.4 Å². The number of halogens is 5. The Hall–Kier alpha value is -7.19. The molecule has 492 valence electrons. The van der Waals surface area contributed by atoms with Crippen LogP contribution in [0.15, 0.2) is 210 Å². The monoisotopic (exact) mass is 1300 g/mol. The van der Waals surface area contributed by atoms with Gasteiger partial charge < -0.3 is 14.2 Å². The lowest BCUT2D eigenvalue weighted by Gasteiger charge is -2.06. The molecule has 0 N–H and O–H groups in total. The zero-order chi connectivity index (χ0) is 68.0. The maximum Gasteiger partial charge on any atom is 0.446 e. The molecule has 7 rings (SSSR count). The fourth-order valence-corrected chi connectivity index (χ4v) is 8.19. The Bertz CT molecular complexity index is 3060. The number of thioether (sulfide) groups is 2. The molecule has 3 aromatic heterocycles. The van der Waals surface area contributed by atoms with Crippen LogP contribution in [0.2, 0.25) is 0 Å². The number of hydrogen-bond acceptors (Lipinski definition) is 8. The third-order valence-corrected chi connectivity index (χ3v) is 13.6. The Labute approximate surface area is 556 Å². The maximum atomic E-state index is 12.0. The molecule has 13 heteroatoms. The molecule has 0 aliphatic rings. The largest absolute Gasteiger partial charge is 0.497 e. The number of aromatic nitrogens is 2. The lowest BCUT2D eigenvalue weighted by molar-refractivity contribution is -0.0498. The summed E-state index contributed by atoms with van der Waals surface area (Å²) in [5.74, 6) is 5.76. The van der Waals surface area contributed by atoms with Crippen molar-refractivity contribution >= 4 is 77.4 Å². The molecule has 91 heavy (non-hydrogen) atoms. The van der Waals surface area contributed by atoms with Crippen LogP contribution in [-0.4, -0.2) is 42.6 Å². The zero-order valence-electron chi connectivity index (χ0n) is 56.4. The quantitative estimate of drug-likeness (QED) is 0.0557.